The lowest BCUT2D eigenvalue weighted by molar-refractivity contribution is -0.236. The molecule has 6 saturated heterocycles. The van der Waals surface area contributed by atoms with Gasteiger partial charge in [-0.25, -0.2) is 4.79 Å². The molecular formula is C28H33BrO7. The van der Waals surface area contributed by atoms with Crippen LogP contribution in [0.25, 0.3) is 0 Å². The molecule has 0 aromatic heterocycles. The van der Waals surface area contributed by atoms with Gasteiger partial charge in [0.15, 0.2) is 0 Å². The molecule has 6 aliphatic heterocycles. The molecule has 36 heavy (non-hydrogen) atoms. The minimum absolute atomic E-state index is 0.0207. The molecule has 0 spiro atoms. The number of fused-ring (bicyclic) bond motifs is 1. The summed E-state index contributed by atoms with van der Waals surface area (Å²) in [6.07, 6.45) is 6.14. The maximum absolute atomic E-state index is 12.8. The van der Waals surface area contributed by atoms with Gasteiger partial charge < -0.3 is 28.5 Å². The first-order valence-corrected chi connectivity index (χ1v) is 13.9. The van der Waals surface area contributed by atoms with Crippen LogP contribution in [0.1, 0.15) is 61.7 Å². The van der Waals surface area contributed by atoms with Gasteiger partial charge in [0.25, 0.3) is 0 Å². The fourth-order valence-corrected chi connectivity index (χ4v) is 7.43. The zero-order chi connectivity index (χ0) is 24.9. The molecule has 6 bridgehead atoms. The normalized spacial score (nSPS) is 40.8. The second-order valence-corrected chi connectivity index (χ2v) is 12.1. The van der Waals surface area contributed by atoms with E-state index in [1.54, 1.807) is 12.1 Å². The second-order valence-electron chi connectivity index (χ2n) is 11.0. The highest BCUT2D eigenvalue weighted by molar-refractivity contribution is 9.11. The molecule has 0 aliphatic carbocycles. The molecule has 0 saturated carbocycles. The maximum atomic E-state index is 12.8. The Morgan fingerprint density at radius 3 is 2.67 bits per heavy atom. The standard InChI is InChI=1S/C28H33BrO7/c1-16(29)13-19(33-27(31)17-5-3-2-4-6-17)9-11-28-14-20-23-21(8-7-18(32-23)10-12-30)34-26-24(20)35-22(15-28)25(26)36-28/h2-6,12,18-26H,1,7-11,13-15H2/t18-,19-,20+,21+,22-,23-,24+,25+,26-,28+/m1/s1. The Kier molecular flexibility index (Phi) is 6.84. The Labute approximate surface area is 219 Å². The summed E-state index contributed by atoms with van der Waals surface area (Å²) in [7, 11) is 0. The zero-order valence-electron chi connectivity index (χ0n) is 20.3. The van der Waals surface area contributed by atoms with Crippen molar-refractivity contribution < 1.29 is 33.3 Å². The van der Waals surface area contributed by atoms with Gasteiger partial charge in [0, 0.05) is 25.2 Å². The maximum Gasteiger partial charge on any atom is 0.338 e. The van der Waals surface area contributed by atoms with Crippen LogP contribution in [0.3, 0.4) is 0 Å². The summed E-state index contributed by atoms with van der Waals surface area (Å²) in [6, 6.07) is 9.07. The molecule has 0 N–H and O–H groups in total. The van der Waals surface area contributed by atoms with Crippen LogP contribution in [0, 0.1) is 5.92 Å². The monoisotopic (exact) mass is 560 g/mol. The Hall–Kier alpha value is -1.58. The van der Waals surface area contributed by atoms with E-state index in [4.69, 9.17) is 23.7 Å². The van der Waals surface area contributed by atoms with Crippen LogP contribution in [-0.4, -0.2) is 66.7 Å². The molecule has 1 aromatic rings. The van der Waals surface area contributed by atoms with Crippen molar-refractivity contribution in [2.24, 2.45) is 5.92 Å². The first-order chi connectivity index (χ1) is 17.4. The number of aldehydes is 1. The zero-order valence-corrected chi connectivity index (χ0v) is 21.8. The number of carbonyl (C=O) groups excluding carboxylic acids is 2. The Balaban J connectivity index is 1.18. The lowest BCUT2D eigenvalue weighted by Crippen LogP contribution is -2.58. The molecular weight excluding hydrogens is 528 g/mol. The third-order valence-corrected chi connectivity index (χ3v) is 8.92. The molecule has 194 valence electrons. The van der Waals surface area contributed by atoms with Crippen molar-refractivity contribution in [1.82, 2.24) is 0 Å². The molecule has 7 rings (SSSR count). The van der Waals surface area contributed by atoms with Crippen molar-refractivity contribution in [3.05, 3.63) is 47.0 Å². The highest BCUT2D eigenvalue weighted by atomic mass is 79.9. The molecule has 0 amide bonds. The Morgan fingerprint density at radius 2 is 1.89 bits per heavy atom. The van der Waals surface area contributed by atoms with Crippen LogP contribution in [0.4, 0.5) is 0 Å². The number of hydrogen-bond acceptors (Lipinski definition) is 7. The van der Waals surface area contributed by atoms with E-state index in [0.29, 0.717) is 24.8 Å². The summed E-state index contributed by atoms with van der Waals surface area (Å²) in [5, 5.41) is 0. The smallest absolute Gasteiger partial charge is 0.338 e. The number of hydrogen-bond donors (Lipinski definition) is 0. The van der Waals surface area contributed by atoms with Gasteiger partial charge in [-0.1, -0.05) is 40.7 Å². The number of halogens is 1. The van der Waals surface area contributed by atoms with Crippen LogP contribution in [-0.2, 0) is 28.5 Å². The van der Waals surface area contributed by atoms with Gasteiger partial charge in [-0.15, -0.1) is 0 Å². The van der Waals surface area contributed by atoms with E-state index in [1.165, 1.54) is 0 Å². The first kappa shape index (κ1) is 24.7. The summed E-state index contributed by atoms with van der Waals surface area (Å²) in [4.78, 5) is 23.9. The average molecular weight is 561 g/mol. The summed E-state index contributed by atoms with van der Waals surface area (Å²) in [5.41, 5.74) is 0.173. The fraction of sp³-hybridized carbons (Fsp3) is 0.643. The van der Waals surface area contributed by atoms with E-state index in [9.17, 15) is 9.59 Å². The minimum atomic E-state index is -0.367. The number of benzene rings is 1. The van der Waals surface area contributed by atoms with Crippen LogP contribution in [0.15, 0.2) is 41.4 Å². The molecule has 10 atom stereocenters. The van der Waals surface area contributed by atoms with Gasteiger partial charge in [-0.2, -0.15) is 0 Å². The third-order valence-electron chi connectivity index (χ3n) is 8.59. The van der Waals surface area contributed by atoms with E-state index < -0.39 is 0 Å². The van der Waals surface area contributed by atoms with E-state index in [1.807, 2.05) is 18.2 Å². The van der Waals surface area contributed by atoms with Crippen molar-refractivity contribution in [2.75, 3.05) is 0 Å². The van der Waals surface area contributed by atoms with Gasteiger partial charge in [-0.3, -0.25) is 0 Å². The summed E-state index contributed by atoms with van der Waals surface area (Å²) in [5.74, 6) is -0.162. The molecule has 0 unspecified atom stereocenters. The van der Waals surface area contributed by atoms with E-state index in [2.05, 4.69) is 22.5 Å². The van der Waals surface area contributed by atoms with Crippen molar-refractivity contribution >= 4 is 28.2 Å². The van der Waals surface area contributed by atoms with Crippen molar-refractivity contribution in [3.63, 3.8) is 0 Å². The summed E-state index contributed by atoms with van der Waals surface area (Å²) < 4.78 is 33.0. The minimum Gasteiger partial charge on any atom is -0.458 e. The Morgan fingerprint density at radius 1 is 1.08 bits per heavy atom. The molecule has 6 heterocycles. The lowest BCUT2D eigenvalue weighted by Gasteiger charge is -2.47. The van der Waals surface area contributed by atoms with Crippen LogP contribution < -0.4 is 0 Å². The number of ether oxygens (including phenoxy) is 5. The van der Waals surface area contributed by atoms with Crippen molar-refractivity contribution in [3.8, 4) is 0 Å². The molecule has 8 heteroatoms. The largest absolute Gasteiger partial charge is 0.458 e. The molecule has 6 fully saturated rings. The van der Waals surface area contributed by atoms with Crippen LogP contribution in [0.5, 0.6) is 0 Å². The van der Waals surface area contributed by atoms with Crippen LogP contribution in [0.2, 0.25) is 0 Å². The number of esters is 1. The van der Waals surface area contributed by atoms with Gasteiger partial charge in [0.05, 0.1) is 41.7 Å². The molecule has 6 aliphatic rings. The molecule has 0 radical (unpaired) electrons. The molecule has 1 aromatic carbocycles. The van der Waals surface area contributed by atoms with Crippen molar-refractivity contribution in [2.45, 2.75) is 106 Å². The quantitative estimate of drug-likeness (QED) is 0.324. The van der Waals surface area contributed by atoms with Gasteiger partial charge in [-0.05, 0) is 48.7 Å². The number of carbonyl (C=O) groups is 2. The predicted octanol–water partition coefficient (Wildman–Crippen LogP) is 4.51. The van der Waals surface area contributed by atoms with Crippen molar-refractivity contribution in [1.29, 1.82) is 0 Å². The topological polar surface area (TPSA) is 80.3 Å². The fourth-order valence-electron chi connectivity index (χ4n) is 7.07. The highest BCUT2D eigenvalue weighted by Crippen LogP contribution is 2.57. The summed E-state index contributed by atoms with van der Waals surface area (Å²) >= 11 is 3.45. The van der Waals surface area contributed by atoms with Crippen LogP contribution >= 0.6 is 15.9 Å². The highest BCUT2D eigenvalue weighted by Gasteiger charge is 2.67. The predicted molar refractivity (Wildman–Crippen MR) is 134 cm³/mol. The average Bonchev–Trinajstić information content (AvgIpc) is 3.28. The summed E-state index contributed by atoms with van der Waals surface area (Å²) in [6.45, 7) is 3.98. The van der Waals surface area contributed by atoms with Gasteiger partial charge in [0.2, 0.25) is 0 Å². The van der Waals surface area contributed by atoms with Gasteiger partial charge in [0.1, 0.15) is 24.6 Å². The Bertz CT molecular complexity index is 1000. The van der Waals surface area contributed by atoms with E-state index in [-0.39, 0.29) is 66.3 Å². The van der Waals surface area contributed by atoms with Gasteiger partial charge >= 0.3 is 5.97 Å². The SMILES string of the molecule is C=C(Br)C[C@@H](CC[C@@]12C[C@H]3[C@H]4O[C@@H](CC=O)CC[C@@H]4O[C@H]4[C@@H](O1)[C@@H](C2)O[C@@H]34)OC(=O)c1ccccc1. The number of rotatable bonds is 9. The third kappa shape index (κ3) is 4.60. The molecule has 7 nitrogen and oxygen atoms in total. The lowest BCUT2D eigenvalue weighted by atomic mass is 9.73. The first-order valence-electron chi connectivity index (χ1n) is 13.1. The van der Waals surface area contributed by atoms with E-state index >= 15 is 0 Å². The van der Waals surface area contributed by atoms with E-state index in [0.717, 1.165) is 42.9 Å². The second kappa shape index (κ2) is 9.95.